The van der Waals surface area contributed by atoms with Gasteiger partial charge in [0, 0.05) is 25.8 Å². The second-order valence-corrected chi connectivity index (χ2v) is 5.41. The standard InChI is InChI=1S/C13H25NO3/c1-16-11-4-2-6-13(8-11,10-15)14-9-12-5-3-7-17-12/h11-12,14-15H,2-10H2,1H3. The summed E-state index contributed by atoms with van der Waals surface area (Å²) in [7, 11) is 1.76. The van der Waals surface area contributed by atoms with Crippen LogP contribution in [0.25, 0.3) is 0 Å². The molecule has 4 nitrogen and oxygen atoms in total. The third-order valence-corrected chi connectivity index (χ3v) is 4.16. The number of rotatable bonds is 5. The van der Waals surface area contributed by atoms with Crippen molar-refractivity contribution in [3.63, 3.8) is 0 Å². The molecule has 0 radical (unpaired) electrons. The highest BCUT2D eigenvalue weighted by Gasteiger charge is 2.36. The highest BCUT2D eigenvalue weighted by Crippen LogP contribution is 2.30. The Labute approximate surface area is 104 Å². The van der Waals surface area contributed by atoms with Crippen LogP contribution in [0, 0.1) is 0 Å². The molecule has 1 aliphatic carbocycles. The van der Waals surface area contributed by atoms with Gasteiger partial charge in [0.15, 0.2) is 0 Å². The van der Waals surface area contributed by atoms with Crippen molar-refractivity contribution in [3.8, 4) is 0 Å². The van der Waals surface area contributed by atoms with Crippen molar-refractivity contribution in [1.29, 1.82) is 0 Å². The van der Waals surface area contributed by atoms with Crippen LogP contribution in [0.4, 0.5) is 0 Å². The van der Waals surface area contributed by atoms with E-state index >= 15 is 0 Å². The minimum Gasteiger partial charge on any atom is -0.394 e. The van der Waals surface area contributed by atoms with Gasteiger partial charge in [-0.2, -0.15) is 0 Å². The van der Waals surface area contributed by atoms with E-state index in [0.29, 0.717) is 6.10 Å². The number of methoxy groups -OCH3 is 1. The fourth-order valence-corrected chi connectivity index (χ4v) is 3.00. The lowest BCUT2D eigenvalue weighted by atomic mass is 9.80. The van der Waals surface area contributed by atoms with Gasteiger partial charge in [0.2, 0.25) is 0 Å². The molecular weight excluding hydrogens is 218 g/mol. The van der Waals surface area contributed by atoms with E-state index in [1.54, 1.807) is 7.11 Å². The first-order valence-electron chi connectivity index (χ1n) is 6.78. The summed E-state index contributed by atoms with van der Waals surface area (Å²) in [6, 6.07) is 0. The number of nitrogens with one attached hydrogen (secondary N) is 1. The first-order chi connectivity index (χ1) is 8.28. The molecule has 2 fully saturated rings. The zero-order valence-corrected chi connectivity index (χ0v) is 10.8. The van der Waals surface area contributed by atoms with Crippen molar-refractivity contribution in [2.45, 2.75) is 56.3 Å². The topological polar surface area (TPSA) is 50.7 Å². The van der Waals surface area contributed by atoms with Gasteiger partial charge in [-0.1, -0.05) is 0 Å². The van der Waals surface area contributed by atoms with E-state index in [2.05, 4.69) is 5.32 Å². The smallest absolute Gasteiger partial charge is 0.0700 e. The van der Waals surface area contributed by atoms with Gasteiger partial charge in [-0.3, -0.25) is 0 Å². The maximum Gasteiger partial charge on any atom is 0.0700 e. The first-order valence-corrected chi connectivity index (χ1v) is 6.78. The molecule has 3 unspecified atom stereocenters. The molecule has 0 aromatic carbocycles. The molecule has 0 bridgehead atoms. The lowest BCUT2D eigenvalue weighted by molar-refractivity contribution is 0.00319. The van der Waals surface area contributed by atoms with Crippen molar-refractivity contribution in [2.75, 3.05) is 26.9 Å². The Kier molecular flexibility index (Phi) is 4.79. The van der Waals surface area contributed by atoms with Crippen molar-refractivity contribution in [1.82, 2.24) is 5.32 Å². The van der Waals surface area contributed by atoms with Crippen molar-refractivity contribution < 1.29 is 14.6 Å². The van der Waals surface area contributed by atoms with E-state index < -0.39 is 0 Å². The van der Waals surface area contributed by atoms with Gasteiger partial charge in [0.05, 0.1) is 18.8 Å². The third-order valence-electron chi connectivity index (χ3n) is 4.16. The molecule has 2 rings (SSSR count). The number of ether oxygens (including phenoxy) is 2. The van der Waals surface area contributed by atoms with Crippen LogP contribution in [0.15, 0.2) is 0 Å². The van der Waals surface area contributed by atoms with Crippen molar-refractivity contribution in [3.05, 3.63) is 0 Å². The molecule has 1 heterocycles. The molecule has 0 aromatic heterocycles. The summed E-state index contributed by atoms with van der Waals surface area (Å²) < 4.78 is 11.0. The Hall–Kier alpha value is -0.160. The van der Waals surface area contributed by atoms with E-state index in [-0.39, 0.29) is 18.2 Å². The zero-order chi connectivity index (χ0) is 12.1. The van der Waals surface area contributed by atoms with Gasteiger partial charge in [0.1, 0.15) is 0 Å². The fourth-order valence-electron chi connectivity index (χ4n) is 3.00. The highest BCUT2D eigenvalue weighted by molar-refractivity contribution is 4.94. The number of aliphatic hydroxyl groups excluding tert-OH is 1. The molecule has 17 heavy (non-hydrogen) atoms. The van der Waals surface area contributed by atoms with Crippen LogP contribution < -0.4 is 5.32 Å². The predicted molar refractivity (Wildman–Crippen MR) is 66.1 cm³/mol. The molecule has 2 N–H and O–H groups in total. The number of hydrogen-bond acceptors (Lipinski definition) is 4. The van der Waals surface area contributed by atoms with Gasteiger partial charge < -0.3 is 19.9 Å². The Balaban J connectivity index is 1.84. The SMILES string of the molecule is COC1CCCC(CO)(NCC2CCCO2)C1. The Morgan fingerprint density at radius 1 is 1.41 bits per heavy atom. The molecule has 0 spiro atoms. The molecule has 2 aliphatic rings. The largest absolute Gasteiger partial charge is 0.394 e. The summed E-state index contributed by atoms with van der Waals surface area (Å²) in [5.74, 6) is 0. The van der Waals surface area contributed by atoms with E-state index in [4.69, 9.17) is 9.47 Å². The van der Waals surface area contributed by atoms with Gasteiger partial charge in [0.25, 0.3) is 0 Å². The van der Waals surface area contributed by atoms with Crippen molar-refractivity contribution >= 4 is 0 Å². The zero-order valence-electron chi connectivity index (χ0n) is 10.8. The quantitative estimate of drug-likeness (QED) is 0.758. The van der Waals surface area contributed by atoms with Gasteiger partial charge in [-0.25, -0.2) is 0 Å². The molecule has 1 saturated carbocycles. The number of aliphatic hydroxyl groups is 1. The van der Waals surface area contributed by atoms with Gasteiger partial charge in [-0.15, -0.1) is 0 Å². The normalized spacial score (nSPS) is 38.5. The second-order valence-electron chi connectivity index (χ2n) is 5.41. The molecule has 1 saturated heterocycles. The van der Waals surface area contributed by atoms with E-state index in [1.807, 2.05) is 0 Å². The molecular formula is C13H25NO3. The van der Waals surface area contributed by atoms with Crippen LogP contribution in [-0.2, 0) is 9.47 Å². The van der Waals surface area contributed by atoms with Crippen LogP contribution in [0.2, 0.25) is 0 Å². The van der Waals surface area contributed by atoms with E-state index in [1.165, 1.54) is 6.42 Å². The highest BCUT2D eigenvalue weighted by atomic mass is 16.5. The average molecular weight is 243 g/mol. The van der Waals surface area contributed by atoms with Crippen LogP contribution >= 0.6 is 0 Å². The lowest BCUT2D eigenvalue weighted by Crippen LogP contribution is -2.54. The van der Waals surface area contributed by atoms with Crippen LogP contribution in [-0.4, -0.2) is 49.7 Å². The van der Waals surface area contributed by atoms with E-state index in [9.17, 15) is 5.11 Å². The summed E-state index contributed by atoms with van der Waals surface area (Å²) >= 11 is 0. The molecule has 0 aromatic rings. The molecule has 4 heteroatoms. The number of hydrogen-bond donors (Lipinski definition) is 2. The second kappa shape index (κ2) is 6.14. The van der Waals surface area contributed by atoms with Gasteiger partial charge in [-0.05, 0) is 38.5 Å². The molecule has 3 atom stereocenters. The minimum absolute atomic E-state index is 0.148. The predicted octanol–water partition coefficient (Wildman–Crippen LogP) is 1.08. The summed E-state index contributed by atoms with van der Waals surface area (Å²) in [6.07, 6.45) is 7.11. The fraction of sp³-hybridized carbons (Fsp3) is 1.00. The monoisotopic (exact) mass is 243 g/mol. The maximum atomic E-state index is 9.67. The summed E-state index contributed by atoms with van der Waals surface area (Å²) in [5, 5.41) is 13.2. The molecule has 100 valence electrons. The van der Waals surface area contributed by atoms with Gasteiger partial charge >= 0.3 is 0 Å². The van der Waals surface area contributed by atoms with Crippen LogP contribution in [0.5, 0.6) is 0 Å². The Bertz CT molecular complexity index is 231. The Morgan fingerprint density at radius 3 is 2.94 bits per heavy atom. The molecule has 1 aliphatic heterocycles. The minimum atomic E-state index is -0.148. The first kappa shape index (κ1) is 13.3. The van der Waals surface area contributed by atoms with Crippen molar-refractivity contribution in [2.24, 2.45) is 0 Å². The summed E-state index contributed by atoms with van der Waals surface area (Å²) in [4.78, 5) is 0. The van der Waals surface area contributed by atoms with E-state index in [0.717, 1.165) is 45.3 Å². The average Bonchev–Trinajstić information content (AvgIpc) is 2.90. The third kappa shape index (κ3) is 3.41. The Morgan fingerprint density at radius 2 is 2.29 bits per heavy atom. The summed E-state index contributed by atoms with van der Waals surface area (Å²) in [5.41, 5.74) is -0.148. The maximum absolute atomic E-state index is 9.67. The van der Waals surface area contributed by atoms with Crippen LogP contribution in [0.3, 0.4) is 0 Å². The summed E-state index contributed by atoms with van der Waals surface area (Å²) in [6.45, 7) is 1.94. The lowest BCUT2D eigenvalue weighted by Gasteiger charge is -2.40. The van der Waals surface area contributed by atoms with Crippen LogP contribution in [0.1, 0.15) is 38.5 Å². The molecule has 0 amide bonds.